The van der Waals surface area contributed by atoms with Crippen molar-refractivity contribution in [2.24, 2.45) is 0 Å². The van der Waals surface area contributed by atoms with Crippen LogP contribution in [0.25, 0.3) is 0 Å². The van der Waals surface area contributed by atoms with Crippen LogP contribution in [-0.2, 0) is 9.47 Å². The van der Waals surface area contributed by atoms with Crippen LogP contribution >= 0.6 is 0 Å². The van der Waals surface area contributed by atoms with E-state index >= 15 is 0 Å². The van der Waals surface area contributed by atoms with Gasteiger partial charge in [-0.15, -0.1) is 0 Å². The van der Waals surface area contributed by atoms with Gasteiger partial charge >= 0.3 is 12.3 Å². The van der Waals surface area contributed by atoms with Crippen LogP contribution in [0.2, 0.25) is 0 Å². The van der Waals surface area contributed by atoms with Crippen molar-refractivity contribution in [3.05, 3.63) is 0 Å². The van der Waals surface area contributed by atoms with Gasteiger partial charge in [0.25, 0.3) is 0 Å². The zero-order valence-corrected chi connectivity index (χ0v) is 9.13. The van der Waals surface area contributed by atoms with Crippen molar-refractivity contribution >= 4 is 6.09 Å². The fourth-order valence-electron chi connectivity index (χ4n) is 1.41. The highest BCUT2D eigenvalue weighted by Gasteiger charge is 2.34. The lowest BCUT2D eigenvalue weighted by molar-refractivity contribution is -0.165. The fourth-order valence-corrected chi connectivity index (χ4v) is 1.41. The van der Waals surface area contributed by atoms with Gasteiger partial charge in [-0.2, -0.15) is 13.2 Å². The summed E-state index contributed by atoms with van der Waals surface area (Å²) in [5.41, 5.74) is -0.546. The Hall–Kier alpha value is -0.980. The molecule has 0 aromatic heterocycles. The second-order valence-electron chi connectivity index (χ2n) is 4.20. The lowest BCUT2D eigenvalue weighted by Gasteiger charge is -2.37. The Morgan fingerprint density at radius 2 is 2.12 bits per heavy atom. The molecule has 16 heavy (non-hydrogen) atoms. The number of carbonyl (C=O) groups excluding carboxylic acids is 1. The molecule has 0 saturated carbocycles. The molecular formula is C9H14F3NO3. The minimum Gasteiger partial charge on any atom is -0.440 e. The first-order valence-corrected chi connectivity index (χ1v) is 4.82. The summed E-state index contributed by atoms with van der Waals surface area (Å²) in [6, 6.07) is 0. The van der Waals surface area contributed by atoms with Crippen LogP contribution in [0.3, 0.4) is 0 Å². The molecule has 0 unspecified atom stereocenters. The number of hydrogen-bond acceptors (Lipinski definition) is 3. The smallest absolute Gasteiger partial charge is 0.422 e. The molecule has 0 aromatic rings. The second kappa shape index (κ2) is 4.48. The summed E-state index contributed by atoms with van der Waals surface area (Å²) in [5.74, 6) is 0. The van der Waals surface area contributed by atoms with E-state index in [1.165, 1.54) is 4.90 Å². The molecular weight excluding hydrogens is 227 g/mol. The van der Waals surface area contributed by atoms with E-state index in [0.29, 0.717) is 6.61 Å². The predicted octanol–water partition coefficient (Wildman–Crippen LogP) is 1.80. The molecule has 0 N–H and O–H groups in total. The normalized spacial score (nSPS) is 20.7. The average molecular weight is 241 g/mol. The molecule has 0 bridgehead atoms. The van der Waals surface area contributed by atoms with E-state index in [1.54, 1.807) is 13.8 Å². The van der Waals surface area contributed by atoms with Crippen LogP contribution in [0.5, 0.6) is 0 Å². The highest BCUT2D eigenvalue weighted by atomic mass is 19.4. The summed E-state index contributed by atoms with van der Waals surface area (Å²) in [5, 5.41) is 0. The third kappa shape index (κ3) is 4.26. The molecule has 1 aliphatic heterocycles. The maximum Gasteiger partial charge on any atom is 0.422 e. The van der Waals surface area contributed by atoms with Crippen molar-refractivity contribution < 1.29 is 27.4 Å². The first kappa shape index (κ1) is 13.1. The van der Waals surface area contributed by atoms with Gasteiger partial charge in [-0.05, 0) is 13.8 Å². The molecule has 0 aliphatic carbocycles. The molecule has 0 aromatic carbocycles. The first-order valence-electron chi connectivity index (χ1n) is 4.82. The van der Waals surface area contributed by atoms with Crippen molar-refractivity contribution in [2.45, 2.75) is 25.6 Å². The Labute approximate surface area is 91.3 Å². The summed E-state index contributed by atoms with van der Waals surface area (Å²) < 4.78 is 44.9. The maximum atomic E-state index is 11.8. The van der Waals surface area contributed by atoms with E-state index in [2.05, 4.69) is 4.74 Å². The van der Waals surface area contributed by atoms with Gasteiger partial charge in [0.15, 0.2) is 6.61 Å². The van der Waals surface area contributed by atoms with Gasteiger partial charge in [-0.25, -0.2) is 4.79 Å². The van der Waals surface area contributed by atoms with Crippen LogP contribution < -0.4 is 0 Å². The van der Waals surface area contributed by atoms with Crippen LogP contribution in [0.1, 0.15) is 13.8 Å². The standard InChI is InChI=1S/C9H14F3NO3/c1-8(2)5-13(3-4-16-8)7(14)15-6-9(10,11)12/h3-6H2,1-2H3. The van der Waals surface area contributed by atoms with Crippen molar-refractivity contribution in [3.8, 4) is 0 Å². The molecule has 1 heterocycles. The topological polar surface area (TPSA) is 38.8 Å². The van der Waals surface area contributed by atoms with E-state index in [-0.39, 0.29) is 13.1 Å². The average Bonchev–Trinajstić information content (AvgIpc) is 2.11. The van der Waals surface area contributed by atoms with E-state index < -0.39 is 24.5 Å². The summed E-state index contributed by atoms with van der Waals surface area (Å²) in [4.78, 5) is 12.5. The Bertz CT molecular complexity index is 265. The predicted molar refractivity (Wildman–Crippen MR) is 49.0 cm³/mol. The Morgan fingerprint density at radius 1 is 1.50 bits per heavy atom. The van der Waals surface area contributed by atoms with Gasteiger partial charge < -0.3 is 14.4 Å². The SMILES string of the molecule is CC1(C)CN(C(=O)OCC(F)(F)F)CCO1. The van der Waals surface area contributed by atoms with E-state index in [0.717, 1.165) is 0 Å². The molecule has 94 valence electrons. The number of alkyl halides is 3. The van der Waals surface area contributed by atoms with Gasteiger partial charge in [0.2, 0.25) is 0 Å². The van der Waals surface area contributed by atoms with Crippen LogP contribution in [-0.4, -0.2) is 49.1 Å². The van der Waals surface area contributed by atoms with Crippen molar-refractivity contribution in [3.63, 3.8) is 0 Å². The van der Waals surface area contributed by atoms with E-state index in [9.17, 15) is 18.0 Å². The lowest BCUT2D eigenvalue weighted by atomic mass is 10.1. The maximum absolute atomic E-state index is 11.8. The molecule has 4 nitrogen and oxygen atoms in total. The molecule has 0 atom stereocenters. The molecule has 0 spiro atoms. The number of carbonyl (C=O) groups is 1. The number of rotatable bonds is 1. The summed E-state index contributed by atoms with van der Waals surface area (Å²) in [6.45, 7) is 2.74. The monoisotopic (exact) mass is 241 g/mol. The number of morpholine rings is 1. The van der Waals surface area contributed by atoms with E-state index in [1.807, 2.05) is 0 Å². The third-order valence-electron chi connectivity index (χ3n) is 2.04. The van der Waals surface area contributed by atoms with Crippen LogP contribution in [0, 0.1) is 0 Å². The van der Waals surface area contributed by atoms with Crippen molar-refractivity contribution in [2.75, 3.05) is 26.3 Å². The minimum absolute atomic E-state index is 0.226. The lowest BCUT2D eigenvalue weighted by Crippen LogP contribution is -2.51. The zero-order valence-electron chi connectivity index (χ0n) is 9.13. The van der Waals surface area contributed by atoms with Crippen LogP contribution in [0.15, 0.2) is 0 Å². The van der Waals surface area contributed by atoms with Crippen molar-refractivity contribution in [1.29, 1.82) is 0 Å². The largest absolute Gasteiger partial charge is 0.440 e. The second-order valence-corrected chi connectivity index (χ2v) is 4.20. The highest BCUT2D eigenvalue weighted by molar-refractivity contribution is 5.67. The highest BCUT2D eigenvalue weighted by Crippen LogP contribution is 2.19. The van der Waals surface area contributed by atoms with E-state index in [4.69, 9.17) is 4.74 Å². The Kier molecular flexibility index (Phi) is 3.67. The Balaban J connectivity index is 2.42. The van der Waals surface area contributed by atoms with Gasteiger partial charge in [-0.3, -0.25) is 0 Å². The molecule has 7 heteroatoms. The molecule has 1 fully saturated rings. The van der Waals surface area contributed by atoms with Gasteiger partial charge in [0.05, 0.1) is 18.8 Å². The number of amides is 1. The summed E-state index contributed by atoms with van der Waals surface area (Å²) in [7, 11) is 0. The molecule has 0 radical (unpaired) electrons. The summed E-state index contributed by atoms with van der Waals surface area (Å²) >= 11 is 0. The van der Waals surface area contributed by atoms with Crippen molar-refractivity contribution in [1.82, 2.24) is 4.90 Å². The van der Waals surface area contributed by atoms with Crippen LogP contribution in [0.4, 0.5) is 18.0 Å². The van der Waals surface area contributed by atoms with Gasteiger partial charge in [-0.1, -0.05) is 0 Å². The minimum atomic E-state index is -4.49. The zero-order chi connectivity index (χ0) is 12.4. The molecule has 1 amide bonds. The third-order valence-corrected chi connectivity index (χ3v) is 2.04. The first-order chi connectivity index (χ1) is 7.20. The number of hydrogen-bond donors (Lipinski definition) is 0. The molecule has 1 saturated heterocycles. The summed E-state index contributed by atoms with van der Waals surface area (Å²) in [6.07, 6.45) is -5.44. The number of nitrogens with zero attached hydrogens (tertiary/aromatic N) is 1. The Morgan fingerprint density at radius 3 is 2.62 bits per heavy atom. The van der Waals surface area contributed by atoms with Gasteiger partial charge in [0, 0.05) is 6.54 Å². The molecule has 1 rings (SSSR count). The number of ether oxygens (including phenoxy) is 2. The quantitative estimate of drug-likeness (QED) is 0.702. The molecule has 1 aliphatic rings. The number of halogens is 3. The fraction of sp³-hybridized carbons (Fsp3) is 0.889. The van der Waals surface area contributed by atoms with Gasteiger partial charge in [0.1, 0.15) is 0 Å².